The average Bonchev–Trinajstić information content (AvgIpc) is 3.99. The van der Waals surface area contributed by atoms with E-state index in [1.54, 1.807) is 0 Å². The molecule has 4 aliphatic heterocycles. The van der Waals surface area contributed by atoms with Gasteiger partial charge in [0.25, 0.3) is 0 Å². The molecule has 0 spiro atoms. The summed E-state index contributed by atoms with van der Waals surface area (Å²) in [6.45, 7) is 48.0. The Kier molecular flexibility index (Phi) is 14.1. The summed E-state index contributed by atoms with van der Waals surface area (Å²) in [5, 5.41) is 0. The predicted octanol–water partition coefficient (Wildman–Crippen LogP) is 14.6. The smallest absolute Gasteiger partial charge is 0.0643 e. The van der Waals surface area contributed by atoms with Gasteiger partial charge < -0.3 is 9.47 Å². The number of ether oxygens (including phenoxy) is 2. The molecule has 20 atom stereocenters. The van der Waals surface area contributed by atoms with Crippen molar-refractivity contribution in [1.29, 1.82) is 0 Å². The van der Waals surface area contributed by atoms with Crippen molar-refractivity contribution >= 4 is 0 Å². The van der Waals surface area contributed by atoms with Gasteiger partial charge in [-0.3, -0.25) is 0 Å². The Morgan fingerprint density at radius 2 is 0.429 bits per heavy atom. The maximum absolute atomic E-state index is 6.36. The molecule has 2 nitrogen and oxygen atoms in total. The molecule has 2 heteroatoms. The molecule has 326 valence electrons. The molecule has 0 N–H and O–H groups in total. The summed E-state index contributed by atoms with van der Waals surface area (Å²) in [4.78, 5) is 0. The quantitative estimate of drug-likeness (QED) is 0.244. The Labute approximate surface area is 350 Å². The van der Waals surface area contributed by atoms with Crippen molar-refractivity contribution in [1.82, 2.24) is 0 Å². The van der Waals surface area contributed by atoms with E-state index in [-0.39, 0.29) is 0 Å². The second-order valence-electron chi connectivity index (χ2n) is 24.6. The van der Waals surface area contributed by atoms with Crippen molar-refractivity contribution in [3.63, 3.8) is 0 Å². The summed E-state index contributed by atoms with van der Waals surface area (Å²) in [5.41, 5.74) is 0. The predicted molar refractivity (Wildman–Crippen MR) is 240 cm³/mol. The van der Waals surface area contributed by atoms with Gasteiger partial charge in [0.15, 0.2) is 0 Å². The first-order chi connectivity index (χ1) is 26.1. The lowest BCUT2D eigenvalue weighted by atomic mass is 9.44. The third-order valence-electron chi connectivity index (χ3n) is 22.7. The van der Waals surface area contributed by atoms with E-state index in [0.29, 0.717) is 24.4 Å². The first-order valence-corrected chi connectivity index (χ1v) is 25.4. The summed E-state index contributed by atoms with van der Waals surface area (Å²) >= 11 is 0. The molecule has 10 rings (SSSR count). The van der Waals surface area contributed by atoms with Crippen LogP contribution in [-0.2, 0) is 9.47 Å². The van der Waals surface area contributed by atoms with E-state index in [1.165, 1.54) is 25.7 Å². The molecule has 6 aliphatic carbocycles. The number of hydrogen-bond donors (Lipinski definition) is 0. The van der Waals surface area contributed by atoms with Crippen LogP contribution < -0.4 is 0 Å². The van der Waals surface area contributed by atoms with Gasteiger partial charge in [-0.15, -0.1) is 0 Å². The summed E-state index contributed by atoms with van der Waals surface area (Å²) in [7, 11) is 0. The van der Waals surface area contributed by atoms with E-state index in [4.69, 9.17) is 9.47 Å². The Bertz CT molecular complexity index is 1090. The third-order valence-corrected chi connectivity index (χ3v) is 22.7. The second kappa shape index (κ2) is 17.4. The highest BCUT2D eigenvalue weighted by atomic mass is 16.5. The van der Waals surface area contributed by atoms with Crippen LogP contribution in [0.25, 0.3) is 0 Å². The van der Waals surface area contributed by atoms with Crippen molar-refractivity contribution in [2.45, 2.75) is 189 Å². The van der Waals surface area contributed by atoms with Gasteiger partial charge in [-0.25, -0.2) is 0 Å². The van der Waals surface area contributed by atoms with Crippen LogP contribution in [0, 0.1) is 154 Å². The minimum atomic E-state index is 0.557. The molecular formula is C54H98O2. The molecule has 0 aromatic heterocycles. The van der Waals surface area contributed by atoms with E-state index in [0.717, 1.165) is 154 Å². The maximum atomic E-state index is 6.36. The highest BCUT2D eigenvalue weighted by molar-refractivity contribution is 5.22. The average molecular weight is 779 g/mol. The van der Waals surface area contributed by atoms with Gasteiger partial charge in [0, 0.05) is 0 Å². The molecule has 0 amide bonds. The highest BCUT2D eigenvalue weighted by Gasteiger charge is 2.76. The monoisotopic (exact) mass is 779 g/mol. The van der Waals surface area contributed by atoms with Gasteiger partial charge in [-0.2, -0.15) is 0 Å². The number of rotatable bonds is 0. The normalized spacial score (nSPS) is 61.5. The lowest BCUT2D eigenvalue weighted by Gasteiger charge is -2.57. The van der Waals surface area contributed by atoms with Gasteiger partial charge >= 0.3 is 0 Å². The molecule has 10 fully saturated rings. The van der Waals surface area contributed by atoms with Gasteiger partial charge in [0.2, 0.25) is 0 Å². The molecule has 4 saturated heterocycles. The van der Waals surface area contributed by atoms with E-state index in [1.807, 2.05) is 0 Å². The molecule has 0 aromatic rings. The lowest BCUT2D eigenvalue weighted by Crippen LogP contribution is -2.62. The summed E-state index contributed by atoms with van der Waals surface area (Å²) in [5.74, 6) is 24.2. The van der Waals surface area contributed by atoms with Gasteiger partial charge in [0.1, 0.15) is 0 Å². The third kappa shape index (κ3) is 7.71. The second-order valence-corrected chi connectivity index (χ2v) is 24.6. The Balaban J connectivity index is 0.000000124. The summed E-state index contributed by atoms with van der Waals surface area (Å²) < 4.78 is 12.7. The van der Waals surface area contributed by atoms with E-state index < -0.39 is 0 Å². The number of fused-ring (bicyclic) bond motifs is 14. The molecule has 0 radical (unpaired) electrons. The Hall–Kier alpha value is -0.0800. The molecule has 0 aromatic carbocycles. The molecule has 10 aliphatic rings. The Morgan fingerprint density at radius 3 is 0.607 bits per heavy atom. The van der Waals surface area contributed by atoms with Crippen LogP contribution in [0.5, 0.6) is 0 Å². The minimum absolute atomic E-state index is 0.557. The largest absolute Gasteiger partial charge is 0.374 e. The van der Waals surface area contributed by atoms with Crippen LogP contribution in [0.1, 0.15) is 164 Å². The molecule has 6 bridgehead atoms. The van der Waals surface area contributed by atoms with Crippen molar-refractivity contribution in [3.05, 3.63) is 0 Å². The standard InChI is InChI=1S/C16H24O2.C11H20.C10H20.C9H18.C8H16/c1-5-6(2)14-10-9(13(5)17-14)11-12(10)16-8(4)7(3)15(11)18-16;1-6-7(2)11-5-10(6)8(3)9(11)4;1-7-5-9(3)10(4)6-8(7)2;1-6-5-7(2)9(4)8(6)3;1-5-6(2)8(4)7(5)3/h5-16H,1-4H3;6-11H,5H2,1-4H3;7-10H,5-6H2,1-4H3;6-9H,5H2,1-4H3;5-8H,1-4H3. The Morgan fingerprint density at radius 1 is 0.214 bits per heavy atom. The summed E-state index contributed by atoms with van der Waals surface area (Å²) in [6, 6.07) is 0. The van der Waals surface area contributed by atoms with Crippen LogP contribution in [0.2, 0.25) is 0 Å². The first-order valence-electron chi connectivity index (χ1n) is 25.4. The topological polar surface area (TPSA) is 18.5 Å². The zero-order chi connectivity index (χ0) is 41.6. The zero-order valence-electron chi connectivity index (χ0n) is 41.0. The van der Waals surface area contributed by atoms with Crippen LogP contribution in [0.4, 0.5) is 0 Å². The van der Waals surface area contributed by atoms with Crippen molar-refractivity contribution in [3.8, 4) is 0 Å². The van der Waals surface area contributed by atoms with Gasteiger partial charge in [-0.1, -0.05) is 138 Å². The molecule has 20 unspecified atom stereocenters. The van der Waals surface area contributed by atoms with Crippen LogP contribution >= 0.6 is 0 Å². The lowest BCUT2D eigenvalue weighted by molar-refractivity contribution is -0.0831. The highest BCUT2D eigenvalue weighted by Crippen LogP contribution is 2.72. The van der Waals surface area contributed by atoms with Crippen molar-refractivity contribution in [2.75, 3.05) is 0 Å². The molecule has 4 heterocycles. The molecule has 6 saturated carbocycles. The van der Waals surface area contributed by atoms with Gasteiger partial charge in [0.05, 0.1) is 24.4 Å². The van der Waals surface area contributed by atoms with Crippen LogP contribution in [0.3, 0.4) is 0 Å². The van der Waals surface area contributed by atoms with E-state index >= 15 is 0 Å². The fourth-order valence-electron chi connectivity index (χ4n) is 16.1. The zero-order valence-corrected chi connectivity index (χ0v) is 41.0. The minimum Gasteiger partial charge on any atom is -0.374 e. The van der Waals surface area contributed by atoms with E-state index in [2.05, 4.69) is 138 Å². The fourth-order valence-corrected chi connectivity index (χ4v) is 16.1. The SMILES string of the molecule is CC1C(C)C(C)C1C.CC1C(C)C2CC1C(C)C2C.CC1C(C)C2OC1C1C2C2C3OC(C(C)C3C)C12.CC1CC(C)C(C)C1C.CC1CC(C)C(C)CC1C. The fraction of sp³-hybridized carbons (Fsp3) is 1.00. The van der Waals surface area contributed by atoms with E-state index in [9.17, 15) is 0 Å². The number of hydrogen-bond acceptors (Lipinski definition) is 2. The molecule has 56 heavy (non-hydrogen) atoms. The summed E-state index contributed by atoms with van der Waals surface area (Å²) in [6.07, 6.45) is 8.10. The molecular weight excluding hydrogens is 681 g/mol. The van der Waals surface area contributed by atoms with Crippen LogP contribution in [0.15, 0.2) is 0 Å². The van der Waals surface area contributed by atoms with Crippen LogP contribution in [-0.4, -0.2) is 24.4 Å². The van der Waals surface area contributed by atoms with Crippen molar-refractivity contribution < 1.29 is 9.47 Å². The van der Waals surface area contributed by atoms with Crippen molar-refractivity contribution in [2.24, 2.45) is 154 Å². The van der Waals surface area contributed by atoms with Gasteiger partial charge in [-0.05, 0) is 180 Å². The maximum Gasteiger partial charge on any atom is 0.0643 e. The first kappa shape index (κ1) is 45.4.